The Balaban J connectivity index is 2.12. The quantitative estimate of drug-likeness (QED) is 0.598. The van der Waals surface area contributed by atoms with Gasteiger partial charge in [-0.25, -0.2) is 13.6 Å². The van der Waals surface area contributed by atoms with Crippen molar-refractivity contribution in [3.8, 4) is 0 Å². The molecule has 1 aliphatic rings. The van der Waals surface area contributed by atoms with E-state index < -0.39 is 23.7 Å². The Kier molecular flexibility index (Phi) is 2.96. The summed E-state index contributed by atoms with van der Waals surface area (Å²) in [6, 6.07) is 8.58. The van der Waals surface area contributed by atoms with Gasteiger partial charge in [0.25, 0.3) is 5.92 Å². The Morgan fingerprint density at radius 1 is 1.35 bits per heavy atom. The van der Waals surface area contributed by atoms with Gasteiger partial charge in [-0.2, -0.15) is 0 Å². The van der Waals surface area contributed by atoms with Crippen LogP contribution in [0, 0.1) is 5.92 Å². The number of allylic oxidation sites excluding steroid dienone is 1. The summed E-state index contributed by atoms with van der Waals surface area (Å²) in [7, 11) is 1.21. The summed E-state index contributed by atoms with van der Waals surface area (Å²) in [4.78, 5) is 10.8. The molecule has 1 saturated carbocycles. The Morgan fingerprint density at radius 3 is 2.59 bits per heavy atom. The molecule has 17 heavy (non-hydrogen) atoms. The average Bonchev–Trinajstić information content (AvgIpc) is 2.89. The summed E-state index contributed by atoms with van der Waals surface area (Å²) in [6.07, 6.45) is 2.28. The second-order valence-corrected chi connectivity index (χ2v) is 3.97. The summed E-state index contributed by atoms with van der Waals surface area (Å²) in [5.74, 6) is -5.13. The Hall–Kier alpha value is -1.71. The highest BCUT2D eigenvalue weighted by molar-refractivity contribution is 5.82. The van der Waals surface area contributed by atoms with Crippen LogP contribution in [0.5, 0.6) is 0 Å². The molecule has 0 heterocycles. The van der Waals surface area contributed by atoms with E-state index in [0.29, 0.717) is 5.56 Å². The highest BCUT2D eigenvalue weighted by atomic mass is 19.3. The number of benzene rings is 1. The lowest BCUT2D eigenvalue weighted by atomic mass is 10.1. The molecule has 2 nitrogen and oxygen atoms in total. The molecule has 0 spiro atoms. The molecular weight excluding hydrogens is 226 g/mol. The molecule has 0 N–H and O–H groups in total. The van der Waals surface area contributed by atoms with Crippen LogP contribution in [-0.2, 0) is 9.53 Å². The zero-order valence-corrected chi connectivity index (χ0v) is 9.27. The van der Waals surface area contributed by atoms with E-state index in [9.17, 15) is 13.6 Å². The molecule has 0 aliphatic heterocycles. The van der Waals surface area contributed by atoms with Crippen LogP contribution in [0.4, 0.5) is 8.78 Å². The van der Waals surface area contributed by atoms with Gasteiger partial charge in [0.05, 0.1) is 18.9 Å². The minimum absolute atomic E-state index is 0.594. The first-order chi connectivity index (χ1) is 8.07. The van der Waals surface area contributed by atoms with Crippen molar-refractivity contribution in [3.63, 3.8) is 0 Å². The van der Waals surface area contributed by atoms with Crippen molar-refractivity contribution in [1.29, 1.82) is 0 Å². The Bertz CT molecular complexity index is 440. The van der Waals surface area contributed by atoms with Crippen LogP contribution in [0.3, 0.4) is 0 Å². The molecule has 0 bridgehead atoms. The van der Waals surface area contributed by atoms with Gasteiger partial charge in [0.2, 0.25) is 0 Å². The topological polar surface area (TPSA) is 26.3 Å². The SMILES string of the molecule is COC(=O)/C=C/C1C(c2ccccc2)C1(F)F. The van der Waals surface area contributed by atoms with E-state index in [4.69, 9.17) is 0 Å². The highest BCUT2D eigenvalue weighted by Gasteiger charge is 2.67. The number of hydrogen-bond acceptors (Lipinski definition) is 2. The van der Waals surface area contributed by atoms with Crippen molar-refractivity contribution in [1.82, 2.24) is 0 Å². The predicted molar refractivity (Wildman–Crippen MR) is 58.8 cm³/mol. The first-order valence-corrected chi connectivity index (χ1v) is 5.26. The van der Waals surface area contributed by atoms with Crippen molar-refractivity contribution in [2.24, 2.45) is 5.92 Å². The number of carbonyl (C=O) groups excluding carboxylic acids is 1. The van der Waals surface area contributed by atoms with Gasteiger partial charge in [-0.1, -0.05) is 36.4 Å². The minimum Gasteiger partial charge on any atom is -0.466 e. The number of esters is 1. The molecule has 1 aromatic rings. The molecule has 1 aliphatic carbocycles. The lowest BCUT2D eigenvalue weighted by Crippen LogP contribution is -1.96. The van der Waals surface area contributed by atoms with E-state index in [1.807, 2.05) is 0 Å². The van der Waals surface area contributed by atoms with Gasteiger partial charge in [0, 0.05) is 6.08 Å². The van der Waals surface area contributed by atoms with Gasteiger partial charge >= 0.3 is 5.97 Å². The molecule has 1 fully saturated rings. The fraction of sp³-hybridized carbons (Fsp3) is 0.308. The third-order valence-corrected chi connectivity index (χ3v) is 2.91. The minimum atomic E-state index is -2.77. The smallest absolute Gasteiger partial charge is 0.330 e. The van der Waals surface area contributed by atoms with Crippen LogP contribution in [0.15, 0.2) is 42.5 Å². The number of rotatable bonds is 3. The van der Waals surface area contributed by atoms with Gasteiger partial charge < -0.3 is 4.74 Å². The Labute approximate surface area is 97.9 Å². The number of hydrogen-bond donors (Lipinski definition) is 0. The second kappa shape index (κ2) is 4.28. The van der Waals surface area contributed by atoms with Crippen molar-refractivity contribution in [2.75, 3.05) is 7.11 Å². The fourth-order valence-electron chi connectivity index (χ4n) is 1.93. The van der Waals surface area contributed by atoms with Gasteiger partial charge in [0.1, 0.15) is 0 Å². The lowest BCUT2D eigenvalue weighted by Gasteiger charge is -1.96. The monoisotopic (exact) mass is 238 g/mol. The van der Waals surface area contributed by atoms with Gasteiger partial charge in [-0.3, -0.25) is 0 Å². The molecule has 2 unspecified atom stereocenters. The molecule has 4 heteroatoms. The average molecular weight is 238 g/mol. The molecule has 2 atom stereocenters. The first kappa shape index (κ1) is 11.8. The molecule has 1 aromatic carbocycles. The van der Waals surface area contributed by atoms with Crippen LogP contribution in [0.2, 0.25) is 0 Å². The second-order valence-electron chi connectivity index (χ2n) is 3.97. The highest BCUT2D eigenvalue weighted by Crippen LogP contribution is 2.62. The standard InChI is InChI=1S/C13H12F2O2/c1-17-11(16)8-7-10-12(13(10,14)15)9-5-3-2-4-6-9/h2-8,10,12H,1H3/b8-7+. The van der Waals surface area contributed by atoms with Crippen LogP contribution >= 0.6 is 0 Å². The molecule has 0 aromatic heterocycles. The summed E-state index contributed by atoms with van der Waals surface area (Å²) >= 11 is 0. The molecule has 0 amide bonds. The van der Waals surface area contributed by atoms with Crippen molar-refractivity contribution >= 4 is 5.97 Å². The maximum atomic E-state index is 13.5. The predicted octanol–water partition coefficient (Wildman–Crippen LogP) is 2.76. The summed E-state index contributed by atoms with van der Waals surface area (Å²) in [5, 5.41) is 0. The number of alkyl halides is 2. The summed E-state index contributed by atoms with van der Waals surface area (Å²) < 4.78 is 31.4. The number of carbonyl (C=O) groups is 1. The van der Waals surface area contributed by atoms with E-state index in [2.05, 4.69) is 4.74 Å². The lowest BCUT2D eigenvalue weighted by molar-refractivity contribution is -0.134. The van der Waals surface area contributed by atoms with Gasteiger partial charge in [-0.15, -0.1) is 0 Å². The zero-order valence-electron chi connectivity index (χ0n) is 9.27. The van der Waals surface area contributed by atoms with E-state index in [1.165, 1.54) is 13.2 Å². The van der Waals surface area contributed by atoms with Crippen molar-refractivity contribution in [2.45, 2.75) is 11.8 Å². The van der Waals surface area contributed by atoms with E-state index in [-0.39, 0.29) is 0 Å². The van der Waals surface area contributed by atoms with Crippen LogP contribution in [0.1, 0.15) is 11.5 Å². The van der Waals surface area contributed by atoms with Gasteiger partial charge in [-0.05, 0) is 5.56 Å². The normalized spacial score (nSPS) is 25.8. The number of methoxy groups -OCH3 is 1. The van der Waals surface area contributed by atoms with Crippen LogP contribution in [0.25, 0.3) is 0 Å². The van der Waals surface area contributed by atoms with Crippen LogP contribution in [-0.4, -0.2) is 19.0 Å². The van der Waals surface area contributed by atoms with E-state index in [0.717, 1.165) is 6.08 Å². The maximum absolute atomic E-state index is 13.5. The molecular formula is C13H12F2O2. The van der Waals surface area contributed by atoms with Crippen molar-refractivity contribution in [3.05, 3.63) is 48.0 Å². The number of ether oxygens (including phenoxy) is 1. The third kappa shape index (κ3) is 2.20. The molecule has 2 rings (SSSR count). The molecule has 90 valence electrons. The first-order valence-electron chi connectivity index (χ1n) is 5.26. The zero-order chi connectivity index (χ0) is 12.5. The number of halogens is 2. The molecule has 0 radical (unpaired) electrons. The summed E-state index contributed by atoms with van der Waals surface area (Å²) in [5.41, 5.74) is 0.594. The third-order valence-electron chi connectivity index (χ3n) is 2.91. The van der Waals surface area contributed by atoms with Crippen LogP contribution < -0.4 is 0 Å². The maximum Gasteiger partial charge on any atom is 0.330 e. The largest absolute Gasteiger partial charge is 0.466 e. The van der Waals surface area contributed by atoms with E-state index >= 15 is 0 Å². The fourth-order valence-corrected chi connectivity index (χ4v) is 1.93. The Morgan fingerprint density at radius 2 is 2.00 bits per heavy atom. The molecule has 0 saturated heterocycles. The van der Waals surface area contributed by atoms with Gasteiger partial charge in [0.15, 0.2) is 0 Å². The summed E-state index contributed by atoms with van der Waals surface area (Å²) in [6.45, 7) is 0. The van der Waals surface area contributed by atoms with Crippen molar-refractivity contribution < 1.29 is 18.3 Å². The van der Waals surface area contributed by atoms with E-state index in [1.54, 1.807) is 30.3 Å².